The Kier molecular flexibility index (Phi) is 10.9. The maximum atomic E-state index is 15.6. The Morgan fingerprint density at radius 1 is 0.969 bits per heavy atom. The second-order valence-electron chi connectivity index (χ2n) is 18.3. The van der Waals surface area contributed by atoms with Crippen LogP contribution in [-0.2, 0) is 62.3 Å². The van der Waals surface area contributed by atoms with E-state index in [0.717, 1.165) is 25.0 Å². The van der Waals surface area contributed by atoms with Crippen LogP contribution < -0.4 is 0 Å². The number of hydrogen-bond donors (Lipinski definition) is 0. The molecule has 0 radical (unpaired) electrons. The van der Waals surface area contributed by atoms with Gasteiger partial charge in [-0.3, -0.25) is 14.2 Å². The smallest absolute Gasteiger partial charge is 0.298 e. The first-order valence-electron chi connectivity index (χ1n) is 21.0. The number of halogens is 8. The van der Waals surface area contributed by atoms with E-state index in [4.69, 9.17) is 16.6 Å². The molecule has 0 saturated heterocycles. The lowest BCUT2D eigenvalue weighted by atomic mass is 9.86. The minimum atomic E-state index is -5.08. The molecule has 0 aliphatic heterocycles. The van der Waals surface area contributed by atoms with Crippen molar-refractivity contribution >= 4 is 48.0 Å². The molecule has 3 aromatic heterocycles. The van der Waals surface area contributed by atoms with E-state index in [0.29, 0.717) is 40.1 Å². The van der Waals surface area contributed by atoms with Gasteiger partial charge in [0, 0.05) is 53.4 Å². The summed E-state index contributed by atoms with van der Waals surface area (Å²) < 4.78 is 157. The van der Waals surface area contributed by atoms with Gasteiger partial charge in [-0.05, 0) is 106 Å². The number of fused-ring (bicyclic) bond motifs is 4. The van der Waals surface area contributed by atoms with Crippen molar-refractivity contribution in [1.82, 2.24) is 24.5 Å². The van der Waals surface area contributed by atoms with Crippen LogP contribution in [0.1, 0.15) is 104 Å². The highest BCUT2D eigenvalue weighted by Gasteiger charge is 2.68. The molecule has 2 aromatic carbocycles. The van der Waals surface area contributed by atoms with Gasteiger partial charge in [-0.2, -0.15) is 32.1 Å². The molecule has 5 aromatic rings. The molecule has 344 valence electrons. The molecular formula is C45H41ClF7N5O5S2. The van der Waals surface area contributed by atoms with Crippen molar-refractivity contribution in [1.29, 1.82) is 0 Å². The summed E-state index contributed by atoms with van der Waals surface area (Å²) in [7, 11) is -5.74. The maximum Gasteiger partial charge on any atom is 0.435 e. The van der Waals surface area contributed by atoms with E-state index >= 15 is 8.78 Å². The van der Waals surface area contributed by atoms with Crippen LogP contribution in [0.4, 0.5) is 30.7 Å². The third-order valence-corrected chi connectivity index (χ3v) is 17.6. The predicted octanol–water partition coefficient (Wildman–Crippen LogP) is 9.01. The van der Waals surface area contributed by atoms with Crippen LogP contribution >= 0.6 is 11.6 Å². The molecule has 65 heavy (non-hydrogen) atoms. The average molecular weight is 964 g/mol. The van der Waals surface area contributed by atoms with Crippen LogP contribution in [0.2, 0.25) is 5.02 Å². The molecule has 10 nitrogen and oxygen atoms in total. The lowest BCUT2D eigenvalue weighted by molar-refractivity contribution is -0.142. The molecule has 9 rings (SSSR count). The topological polar surface area (TPSA) is 134 Å². The molecule has 0 amide bonds. The molecule has 3 saturated carbocycles. The summed E-state index contributed by atoms with van der Waals surface area (Å²) in [5.74, 6) is -4.79. The van der Waals surface area contributed by atoms with Crippen molar-refractivity contribution in [3.05, 3.63) is 98.7 Å². The summed E-state index contributed by atoms with van der Waals surface area (Å²) in [6, 6.07) is 8.86. The lowest BCUT2D eigenvalue weighted by Crippen LogP contribution is -2.33. The third kappa shape index (κ3) is 8.59. The van der Waals surface area contributed by atoms with Gasteiger partial charge in [0.25, 0.3) is 5.92 Å². The molecule has 0 bridgehead atoms. The summed E-state index contributed by atoms with van der Waals surface area (Å²) in [4.78, 5) is 19.1. The summed E-state index contributed by atoms with van der Waals surface area (Å²) in [6.45, 7) is 1.91. The van der Waals surface area contributed by atoms with Crippen molar-refractivity contribution in [2.75, 3.05) is 5.75 Å². The first-order chi connectivity index (χ1) is 30.3. The van der Waals surface area contributed by atoms with Gasteiger partial charge in [0.15, 0.2) is 31.2 Å². The Bertz CT molecular complexity index is 3090. The minimum absolute atomic E-state index is 0.0198. The number of aryl methyl sites for hydroxylation is 1. The molecule has 3 heterocycles. The molecule has 0 unspecified atom stereocenters. The largest absolute Gasteiger partial charge is 0.435 e. The first-order valence-corrected chi connectivity index (χ1v) is 24.7. The highest BCUT2D eigenvalue weighted by Crippen LogP contribution is 2.68. The second-order valence-corrected chi connectivity index (χ2v) is 23.6. The Balaban J connectivity index is 1.19. The van der Waals surface area contributed by atoms with E-state index in [-0.39, 0.29) is 57.7 Å². The highest BCUT2D eigenvalue weighted by molar-refractivity contribution is 7.93. The summed E-state index contributed by atoms with van der Waals surface area (Å²) in [6.07, 6.45) is -3.59. The normalized spacial score (nSPS) is 19.7. The maximum absolute atomic E-state index is 15.6. The van der Waals surface area contributed by atoms with Gasteiger partial charge in [0.1, 0.15) is 34.3 Å². The van der Waals surface area contributed by atoms with Crippen LogP contribution in [0.5, 0.6) is 0 Å². The van der Waals surface area contributed by atoms with Crippen LogP contribution in [0.3, 0.4) is 0 Å². The zero-order valence-corrected chi connectivity index (χ0v) is 37.5. The van der Waals surface area contributed by atoms with E-state index in [1.54, 1.807) is 19.2 Å². The quantitative estimate of drug-likeness (QED) is 0.0796. The van der Waals surface area contributed by atoms with Crippen LogP contribution in [-0.4, -0.2) is 62.9 Å². The van der Waals surface area contributed by atoms with E-state index < -0.39 is 113 Å². The molecule has 0 spiro atoms. The van der Waals surface area contributed by atoms with Crippen molar-refractivity contribution in [2.24, 2.45) is 18.9 Å². The van der Waals surface area contributed by atoms with Gasteiger partial charge < -0.3 is 0 Å². The Morgan fingerprint density at radius 2 is 1.65 bits per heavy atom. The zero-order valence-electron chi connectivity index (χ0n) is 35.1. The molecule has 3 atom stereocenters. The third-order valence-electron chi connectivity index (χ3n) is 12.7. The number of pyridine rings is 1. The fourth-order valence-electron chi connectivity index (χ4n) is 9.23. The van der Waals surface area contributed by atoms with E-state index in [1.807, 2.05) is 0 Å². The minimum Gasteiger partial charge on any atom is -0.298 e. The summed E-state index contributed by atoms with van der Waals surface area (Å²) >= 11 is 6.76. The number of nitrogens with zero attached hydrogens (tertiary/aromatic N) is 5. The molecular weight excluding hydrogens is 923 g/mol. The van der Waals surface area contributed by atoms with Gasteiger partial charge in [-0.1, -0.05) is 23.6 Å². The average Bonchev–Trinajstić information content (AvgIpc) is 4.11. The number of hydrogen-bond acceptors (Lipinski definition) is 8. The number of sulfone groups is 2. The van der Waals surface area contributed by atoms with Crippen molar-refractivity contribution in [3.63, 3.8) is 0 Å². The number of alkyl halides is 5. The van der Waals surface area contributed by atoms with Gasteiger partial charge >= 0.3 is 6.18 Å². The molecule has 4 aliphatic carbocycles. The number of ketones is 1. The SMILES string of the molecule is Cn1nc(CS(=O)(=O)CC2CC2)c2c(Cl)ccc(-c3ccc(C#CC(C)(C)S(=O)(=O)C4CC4)nc3[C@@H](CC(=O)Cn3nc(C(F)(F)F)c4c3C(F)(F)[C@@H]3C[C@H]43)Cc3cc(F)cc(F)c3)c21. The number of aromatic nitrogens is 5. The second kappa shape index (κ2) is 15.6. The Labute approximate surface area is 374 Å². The lowest BCUT2D eigenvalue weighted by Gasteiger charge is -2.22. The summed E-state index contributed by atoms with van der Waals surface area (Å²) in [5, 5.41) is 7.99. The summed E-state index contributed by atoms with van der Waals surface area (Å²) in [5.41, 5.74) is -1.81. The van der Waals surface area contributed by atoms with Crippen LogP contribution in [0.25, 0.3) is 22.0 Å². The first kappa shape index (κ1) is 45.4. The zero-order chi connectivity index (χ0) is 46.8. The standard InChI is InChI=1S/C45H41ClF7N5O5S2/c1-43(2,65(62,63)30-7-8-30)13-12-28-6-9-31(32-10-11-35(46)38-36(55-57(3)40(32)38)22-64(60,61)21-23-4-5-23)39(54-28)25(14-24-15-26(47)18-27(48)16-24)17-29(59)20-58-42-37(41(56-58)45(51,52)53)33-19-34(33)44(42,49)50/h6,9-11,15-16,18,23,25,30,33-34H,4-5,7-8,14,17,19-22H2,1-3H3/t25-,33+,34-/m1/s1. The van der Waals surface area contributed by atoms with Gasteiger partial charge in [-0.25, -0.2) is 30.6 Å². The Morgan fingerprint density at radius 3 is 2.29 bits per heavy atom. The number of Topliss-reactive ketones (excluding diaryl/α,β-unsaturated/α-hetero) is 1. The van der Waals surface area contributed by atoms with Gasteiger partial charge in [-0.15, -0.1) is 0 Å². The van der Waals surface area contributed by atoms with Crippen molar-refractivity contribution in [2.45, 2.75) is 105 Å². The molecule has 3 fully saturated rings. The fraction of sp³-hybridized carbons (Fsp3) is 0.467. The monoisotopic (exact) mass is 963 g/mol. The van der Waals surface area contributed by atoms with Crippen molar-refractivity contribution < 1.29 is 52.4 Å². The molecule has 4 aliphatic rings. The van der Waals surface area contributed by atoms with Crippen molar-refractivity contribution in [3.8, 4) is 23.0 Å². The molecule has 0 N–H and O–H groups in total. The van der Waals surface area contributed by atoms with E-state index in [9.17, 15) is 43.6 Å². The van der Waals surface area contributed by atoms with Crippen LogP contribution in [0, 0.1) is 35.3 Å². The predicted molar refractivity (Wildman–Crippen MR) is 226 cm³/mol. The Hall–Kier alpha value is -4.80. The van der Waals surface area contributed by atoms with Gasteiger partial charge in [0.05, 0.1) is 38.7 Å². The van der Waals surface area contributed by atoms with Crippen LogP contribution in [0.15, 0.2) is 42.5 Å². The van der Waals surface area contributed by atoms with E-state index in [1.165, 1.54) is 30.7 Å². The number of carbonyl (C=O) groups excluding carboxylic acids is 1. The number of rotatable bonds is 14. The number of carbonyl (C=O) groups is 1. The fourth-order valence-corrected chi connectivity index (χ4v) is 13.1. The highest BCUT2D eigenvalue weighted by atomic mass is 35.5. The van der Waals surface area contributed by atoms with Gasteiger partial charge in [0.2, 0.25) is 0 Å². The number of benzene rings is 2. The molecule has 20 heteroatoms. The van der Waals surface area contributed by atoms with E-state index in [2.05, 4.69) is 22.0 Å².